The maximum absolute atomic E-state index is 12.4. The smallest absolute Gasteiger partial charge is 0.268 e. The molecule has 2 aromatic heterocycles. The molecule has 0 atom stereocenters. The van der Waals surface area contributed by atoms with Gasteiger partial charge in [0.2, 0.25) is 5.28 Å². The van der Waals surface area contributed by atoms with Crippen LogP contribution in [0.5, 0.6) is 0 Å². The minimum absolute atomic E-state index is 0.0846. The Bertz CT molecular complexity index is 916. The maximum Gasteiger partial charge on any atom is 0.268 e. The number of aryl methyl sites for hydroxylation is 1. The Morgan fingerprint density at radius 2 is 2.14 bits per heavy atom. The summed E-state index contributed by atoms with van der Waals surface area (Å²) in [5.41, 5.74) is 4.34. The van der Waals surface area contributed by atoms with E-state index in [9.17, 15) is 4.79 Å². The number of fused-ring (bicyclic) bond motifs is 3. The van der Waals surface area contributed by atoms with Crippen LogP contribution in [-0.2, 0) is 6.54 Å². The lowest BCUT2D eigenvalue weighted by Gasteiger charge is -2.17. The Hall–Kier alpha value is -2.40. The van der Waals surface area contributed by atoms with Crippen molar-refractivity contribution in [3.05, 3.63) is 47.0 Å². The van der Waals surface area contributed by atoms with Crippen LogP contribution >= 0.6 is 11.6 Å². The average molecular weight is 313 g/mol. The largest absolute Gasteiger partial charge is 0.349 e. The van der Waals surface area contributed by atoms with Crippen LogP contribution in [0, 0.1) is 6.92 Å². The van der Waals surface area contributed by atoms with E-state index in [0.29, 0.717) is 24.4 Å². The first-order valence-electron chi connectivity index (χ1n) is 7.06. The number of carbonyl (C=O) groups excluding carboxylic acids is 1. The predicted octanol–water partition coefficient (Wildman–Crippen LogP) is 2.80. The first-order chi connectivity index (χ1) is 10.7. The summed E-state index contributed by atoms with van der Waals surface area (Å²) in [5, 5.41) is 3.94. The number of halogens is 1. The van der Waals surface area contributed by atoms with E-state index in [1.54, 1.807) is 6.20 Å². The monoisotopic (exact) mass is 312 g/mol. The van der Waals surface area contributed by atoms with Crippen molar-refractivity contribution in [1.82, 2.24) is 19.9 Å². The SMILES string of the molecule is Cc1ccccc1-c1c2n(c3nc(Cl)ncc13)CCNC2=O. The number of benzene rings is 1. The van der Waals surface area contributed by atoms with Crippen molar-refractivity contribution in [3.8, 4) is 11.1 Å². The summed E-state index contributed by atoms with van der Waals surface area (Å²) in [7, 11) is 0. The predicted molar refractivity (Wildman–Crippen MR) is 85.0 cm³/mol. The van der Waals surface area contributed by atoms with E-state index in [0.717, 1.165) is 22.1 Å². The Balaban J connectivity index is 2.16. The molecule has 0 unspecified atom stereocenters. The van der Waals surface area contributed by atoms with Crippen molar-refractivity contribution >= 4 is 28.5 Å². The highest BCUT2D eigenvalue weighted by Gasteiger charge is 2.28. The molecule has 0 saturated carbocycles. The number of aromatic nitrogens is 3. The van der Waals surface area contributed by atoms with Crippen molar-refractivity contribution in [1.29, 1.82) is 0 Å². The first-order valence-corrected chi connectivity index (χ1v) is 7.43. The van der Waals surface area contributed by atoms with Crippen LogP contribution in [-0.4, -0.2) is 27.0 Å². The zero-order chi connectivity index (χ0) is 15.3. The van der Waals surface area contributed by atoms with Gasteiger partial charge in [-0.2, -0.15) is 4.98 Å². The molecule has 0 radical (unpaired) electrons. The van der Waals surface area contributed by atoms with Crippen LogP contribution in [0.2, 0.25) is 5.28 Å². The third kappa shape index (κ3) is 1.82. The summed E-state index contributed by atoms with van der Waals surface area (Å²) in [4.78, 5) is 20.9. The molecule has 0 bridgehead atoms. The second-order valence-corrected chi connectivity index (χ2v) is 5.66. The number of nitrogens with zero attached hydrogens (tertiary/aromatic N) is 3. The Kier molecular flexibility index (Phi) is 2.90. The van der Waals surface area contributed by atoms with E-state index in [4.69, 9.17) is 11.6 Å². The molecular formula is C16H13ClN4O. The lowest BCUT2D eigenvalue weighted by molar-refractivity contribution is 0.0929. The third-order valence-corrected chi connectivity index (χ3v) is 4.20. The second-order valence-electron chi connectivity index (χ2n) is 5.32. The minimum atomic E-state index is -0.0846. The molecule has 1 amide bonds. The van der Waals surface area contributed by atoms with E-state index in [-0.39, 0.29) is 11.2 Å². The van der Waals surface area contributed by atoms with Crippen LogP contribution < -0.4 is 5.32 Å². The number of hydrogen-bond donors (Lipinski definition) is 1. The van der Waals surface area contributed by atoms with E-state index in [1.807, 2.05) is 35.8 Å². The molecule has 3 aromatic rings. The number of amides is 1. The van der Waals surface area contributed by atoms with E-state index >= 15 is 0 Å². The Labute approximate surface area is 131 Å². The highest BCUT2D eigenvalue weighted by atomic mass is 35.5. The quantitative estimate of drug-likeness (QED) is 0.703. The summed E-state index contributed by atoms with van der Waals surface area (Å²) in [6, 6.07) is 8.00. The molecule has 4 rings (SSSR count). The lowest BCUT2D eigenvalue weighted by atomic mass is 9.98. The van der Waals surface area contributed by atoms with Gasteiger partial charge in [0.1, 0.15) is 11.3 Å². The summed E-state index contributed by atoms with van der Waals surface area (Å²) in [5.74, 6) is -0.0846. The first kappa shape index (κ1) is 13.3. The molecule has 0 spiro atoms. The Morgan fingerprint density at radius 3 is 2.95 bits per heavy atom. The van der Waals surface area contributed by atoms with Crippen LogP contribution in [0.1, 0.15) is 16.1 Å². The normalized spacial score (nSPS) is 14.0. The lowest BCUT2D eigenvalue weighted by Crippen LogP contribution is -2.35. The molecule has 0 fully saturated rings. The van der Waals surface area contributed by atoms with Crippen LogP contribution in [0.25, 0.3) is 22.2 Å². The van der Waals surface area contributed by atoms with Gasteiger partial charge in [0.05, 0.1) is 0 Å². The molecule has 1 aliphatic heterocycles. The fraction of sp³-hybridized carbons (Fsp3) is 0.188. The molecule has 22 heavy (non-hydrogen) atoms. The standard InChI is InChI=1S/C16H13ClN4O/c1-9-4-2-3-5-10(9)12-11-8-19-16(17)20-14(11)21-7-6-18-15(22)13(12)21/h2-5,8H,6-7H2,1H3,(H,18,22). The van der Waals surface area contributed by atoms with Gasteiger partial charge >= 0.3 is 0 Å². The molecule has 3 heterocycles. The van der Waals surface area contributed by atoms with Gasteiger partial charge in [-0.05, 0) is 29.7 Å². The second kappa shape index (κ2) is 4.81. The van der Waals surface area contributed by atoms with Crippen molar-refractivity contribution in [2.75, 3.05) is 6.54 Å². The average Bonchev–Trinajstić information content (AvgIpc) is 2.83. The fourth-order valence-electron chi connectivity index (χ4n) is 3.05. The van der Waals surface area contributed by atoms with Gasteiger partial charge in [-0.1, -0.05) is 24.3 Å². The molecule has 0 saturated heterocycles. The maximum atomic E-state index is 12.4. The number of carbonyl (C=O) groups is 1. The summed E-state index contributed by atoms with van der Waals surface area (Å²) in [6.45, 7) is 3.30. The van der Waals surface area contributed by atoms with E-state index < -0.39 is 0 Å². The number of hydrogen-bond acceptors (Lipinski definition) is 3. The topological polar surface area (TPSA) is 59.8 Å². The van der Waals surface area contributed by atoms with Crippen molar-refractivity contribution in [2.24, 2.45) is 0 Å². The molecule has 110 valence electrons. The van der Waals surface area contributed by atoms with Gasteiger partial charge in [-0.3, -0.25) is 4.79 Å². The van der Waals surface area contributed by atoms with Crippen molar-refractivity contribution in [2.45, 2.75) is 13.5 Å². The van der Waals surface area contributed by atoms with E-state index in [1.165, 1.54) is 0 Å². The summed E-state index contributed by atoms with van der Waals surface area (Å²) < 4.78 is 1.93. The highest BCUT2D eigenvalue weighted by Crippen LogP contribution is 2.36. The fourth-order valence-corrected chi connectivity index (χ4v) is 3.18. The summed E-state index contributed by atoms with van der Waals surface area (Å²) in [6.07, 6.45) is 1.70. The molecule has 1 N–H and O–H groups in total. The van der Waals surface area contributed by atoms with Crippen LogP contribution in [0.15, 0.2) is 30.5 Å². The van der Waals surface area contributed by atoms with Gasteiger partial charge in [-0.15, -0.1) is 0 Å². The molecule has 6 heteroatoms. The van der Waals surface area contributed by atoms with Crippen molar-refractivity contribution in [3.63, 3.8) is 0 Å². The van der Waals surface area contributed by atoms with Gasteiger partial charge in [-0.25, -0.2) is 4.98 Å². The van der Waals surface area contributed by atoms with Gasteiger partial charge in [0.15, 0.2) is 0 Å². The molecule has 0 aliphatic carbocycles. The Morgan fingerprint density at radius 1 is 1.32 bits per heavy atom. The van der Waals surface area contributed by atoms with Crippen LogP contribution in [0.3, 0.4) is 0 Å². The number of nitrogens with one attached hydrogen (secondary N) is 1. The molecule has 5 nitrogen and oxygen atoms in total. The zero-order valence-electron chi connectivity index (χ0n) is 11.9. The van der Waals surface area contributed by atoms with Crippen molar-refractivity contribution < 1.29 is 4.79 Å². The highest BCUT2D eigenvalue weighted by molar-refractivity contribution is 6.28. The molecule has 1 aromatic carbocycles. The molecular weight excluding hydrogens is 300 g/mol. The third-order valence-electron chi connectivity index (χ3n) is 4.02. The summed E-state index contributed by atoms with van der Waals surface area (Å²) >= 11 is 5.95. The van der Waals surface area contributed by atoms with Gasteiger partial charge < -0.3 is 9.88 Å². The number of rotatable bonds is 1. The minimum Gasteiger partial charge on any atom is -0.349 e. The van der Waals surface area contributed by atoms with Gasteiger partial charge in [0.25, 0.3) is 5.91 Å². The van der Waals surface area contributed by atoms with Crippen LogP contribution in [0.4, 0.5) is 0 Å². The van der Waals surface area contributed by atoms with Gasteiger partial charge in [0, 0.05) is 30.2 Å². The zero-order valence-corrected chi connectivity index (χ0v) is 12.7. The van der Waals surface area contributed by atoms with E-state index in [2.05, 4.69) is 15.3 Å². The molecule has 1 aliphatic rings.